The van der Waals surface area contributed by atoms with E-state index in [2.05, 4.69) is 70.6 Å². The number of hydrogen-bond donors (Lipinski definition) is 0. The standard InChI is InChI=1S/C22H14N2/c1-2-9-17-15(6-1)7-3-10-18(17)20-14-16-8-4-12-23-21(16)22-19(20)11-5-13-24-22/h1-14H. The molecule has 5 rings (SSSR count). The molecule has 2 nitrogen and oxygen atoms in total. The van der Waals surface area contributed by atoms with Crippen LogP contribution in [0, 0.1) is 0 Å². The van der Waals surface area contributed by atoms with E-state index < -0.39 is 0 Å². The molecule has 3 aromatic carbocycles. The Morgan fingerprint density at radius 1 is 0.500 bits per heavy atom. The minimum absolute atomic E-state index is 0.956. The summed E-state index contributed by atoms with van der Waals surface area (Å²) in [6, 6.07) is 25.4. The van der Waals surface area contributed by atoms with Crippen LogP contribution in [0.25, 0.3) is 43.7 Å². The second-order valence-corrected chi connectivity index (χ2v) is 5.93. The molecule has 0 atom stereocenters. The smallest absolute Gasteiger partial charge is 0.0970 e. The maximum absolute atomic E-state index is 4.61. The summed E-state index contributed by atoms with van der Waals surface area (Å²) >= 11 is 0. The predicted molar refractivity (Wildman–Crippen MR) is 100.0 cm³/mol. The first-order valence-electron chi connectivity index (χ1n) is 8.02. The Morgan fingerprint density at radius 2 is 1.21 bits per heavy atom. The van der Waals surface area contributed by atoms with Crippen molar-refractivity contribution < 1.29 is 0 Å². The Kier molecular flexibility index (Phi) is 2.83. The zero-order valence-electron chi connectivity index (χ0n) is 13.0. The molecule has 0 amide bonds. The third-order valence-electron chi connectivity index (χ3n) is 4.54. The molecule has 2 heterocycles. The summed E-state index contributed by atoms with van der Waals surface area (Å²) in [5, 5.41) is 4.76. The van der Waals surface area contributed by atoms with Gasteiger partial charge in [0.2, 0.25) is 0 Å². The predicted octanol–water partition coefficient (Wildman–Crippen LogP) is 5.60. The Bertz CT molecular complexity index is 1200. The van der Waals surface area contributed by atoms with Crippen LogP contribution in [0.1, 0.15) is 0 Å². The van der Waals surface area contributed by atoms with Crippen LogP contribution in [0.2, 0.25) is 0 Å². The van der Waals surface area contributed by atoms with Crippen molar-refractivity contribution in [2.75, 3.05) is 0 Å². The van der Waals surface area contributed by atoms with Crippen molar-refractivity contribution >= 4 is 32.6 Å². The van der Waals surface area contributed by atoms with Crippen molar-refractivity contribution in [1.82, 2.24) is 9.97 Å². The van der Waals surface area contributed by atoms with Gasteiger partial charge in [0, 0.05) is 23.2 Å². The third-order valence-corrected chi connectivity index (χ3v) is 4.54. The first-order chi connectivity index (χ1) is 11.9. The van der Waals surface area contributed by atoms with Gasteiger partial charge in [-0.2, -0.15) is 0 Å². The molecule has 0 aliphatic rings. The highest BCUT2D eigenvalue weighted by Crippen LogP contribution is 2.36. The first-order valence-corrected chi connectivity index (χ1v) is 8.02. The lowest BCUT2D eigenvalue weighted by Gasteiger charge is -2.12. The number of pyridine rings is 2. The number of benzene rings is 3. The van der Waals surface area contributed by atoms with Crippen molar-refractivity contribution in [2.24, 2.45) is 0 Å². The average Bonchev–Trinajstić information content (AvgIpc) is 2.67. The van der Waals surface area contributed by atoms with E-state index in [0.717, 1.165) is 21.8 Å². The molecule has 0 saturated carbocycles. The lowest BCUT2D eigenvalue weighted by molar-refractivity contribution is 1.37. The molecular formula is C22H14N2. The molecule has 0 fully saturated rings. The second-order valence-electron chi connectivity index (χ2n) is 5.93. The van der Waals surface area contributed by atoms with Crippen LogP contribution in [0.4, 0.5) is 0 Å². The zero-order chi connectivity index (χ0) is 15.9. The lowest BCUT2D eigenvalue weighted by Crippen LogP contribution is -1.89. The summed E-state index contributed by atoms with van der Waals surface area (Å²) in [6.07, 6.45) is 3.66. The molecule has 2 aromatic heterocycles. The maximum atomic E-state index is 4.61. The quantitative estimate of drug-likeness (QED) is 0.376. The van der Waals surface area contributed by atoms with E-state index in [1.807, 2.05) is 24.5 Å². The van der Waals surface area contributed by atoms with Gasteiger partial charge in [-0.1, -0.05) is 54.6 Å². The second kappa shape index (κ2) is 5.14. The molecule has 0 aliphatic heterocycles. The number of hydrogen-bond acceptors (Lipinski definition) is 2. The molecule has 2 heteroatoms. The molecular weight excluding hydrogens is 292 g/mol. The SMILES string of the molecule is c1ccc2c(-c3cc4cccnc4c4ncccc34)cccc2c1. The molecule has 0 radical (unpaired) electrons. The van der Waals surface area contributed by atoms with Gasteiger partial charge in [-0.05, 0) is 40.1 Å². The third kappa shape index (κ3) is 1.90. The van der Waals surface area contributed by atoms with Crippen molar-refractivity contribution in [2.45, 2.75) is 0 Å². The van der Waals surface area contributed by atoms with Crippen LogP contribution in [-0.2, 0) is 0 Å². The maximum Gasteiger partial charge on any atom is 0.0970 e. The molecule has 0 saturated heterocycles. The minimum Gasteiger partial charge on any atom is -0.254 e. The van der Waals surface area contributed by atoms with E-state index in [1.165, 1.54) is 21.9 Å². The van der Waals surface area contributed by atoms with Crippen molar-refractivity contribution in [3.63, 3.8) is 0 Å². The van der Waals surface area contributed by atoms with Gasteiger partial charge in [0.1, 0.15) is 0 Å². The summed E-state index contributed by atoms with van der Waals surface area (Å²) in [5.74, 6) is 0. The van der Waals surface area contributed by atoms with E-state index in [9.17, 15) is 0 Å². The van der Waals surface area contributed by atoms with Crippen LogP contribution in [0.5, 0.6) is 0 Å². The molecule has 112 valence electrons. The zero-order valence-corrected chi connectivity index (χ0v) is 13.0. The van der Waals surface area contributed by atoms with Crippen molar-refractivity contribution in [1.29, 1.82) is 0 Å². The number of aromatic nitrogens is 2. The normalized spacial score (nSPS) is 11.3. The summed E-state index contributed by atoms with van der Waals surface area (Å²) in [4.78, 5) is 9.16. The van der Waals surface area contributed by atoms with Crippen LogP contribution in [0.3, 0.4) is 0 Å². The fourth-order valence-electron chi connectivity index (χ4n) is 3.46. The van der Waals surface area contributed by atoms with Crippen LogP contribution in [-0.4, -0.2) is 9.97 Å². The van der Waals surface area contributed by atoms with Crippen molar-refractivity contribution in [3.8, 4) is 11.1 Å². The van der Waals surface area contributed by atoms with Crippen LogP contribution < -0.4 is 0 Å². The first kappa shape index (κ1) is 13.2. The van der Waals surface area contributed by atoms with Gasteiger partial charge >= 0.3 is 0 Å². The lowest BCUT2D eigenvalue weighted by atomic mass is 9.94. The highest BCUT2D eigenvalue weighted by Gasteiger charge is 2.11. The number of fused-ring (bicyclic) bond motifs is 4. The molecule has 0 N–H and O–H groups in total. The van der Waals surface area contributed by atoms with Crippen LogP contribution >= 0.6 is 0 Å². The Morgan fingerprint density at radius 3 is 2.17 bits per heavy atom. The van der Waals surface area contributed by atoms with Gasteiger partial charge in [0.25, 0.3) is 0 Å². The van der Waals surface area contributed by atoms with Crippen molar-refractivity contribution in [3.05, 3.63) is 85.2 Å². The van der Waals surface area contributed by atoms with E-state index in [-0.39, 0.29) is 0 Å². The highest BCUT2D eigenvalue weighted by molar-refractivity contribution is 6.13. The summed E-state index contributed by atoms with van der Waals surface area (Å²) in [5.41, 5.74) is 4.35. The van der Waals surface area contributed by atoms with E-state index in [4.69, 9.17) is 0 Å². The van der Waals surface area contributed by atoms with Gasteiger partial charge in [0.05, 0.1) is 11.0 Å². The van der Waals surface area contributed by atoms with Gasteiger partial charge in [0.15, 0.2) is 0 Å². The van der Waals surface area contributed by atoms with Gasteiger partial charge in [-0.25, -0.2) is 0 Å². The Hall–Kier alpha value is -3.26. The molecule has 0 aliphatic carbocycles. The van der Waals surface area contributed by atoms with Crippen LogP contribution in [0.15, 0.2) is 85.2 Å². The fourth-order valence-corrected chi connectivity index (χ4v) is 3.46. The van der Waals surface area contributed by atoms with Gasteiger partial charge < -0.3 is 0 Å². The monoisotopic (exact) mass is 306 g/mol. The topological polar surface area (TPSA) is 25.8 Å². The Balaban J connectivity index is 1.98. The molecule has 0 unspecified atom stereocenters. The fraction of sp³-hybridized carbons (Fsp3) is 0. The molecule has 24 heavy (non-hydrogen) atoms. The molecule has 0 bridgehead atoms. The van der Waals surface area contributed by atoms with Gasteiger partial charge in [-0.15, -0.1) is 0 Å². The molecule has 5 aromatic rings. The molecule has 0 spiro atoms. The summed E-state index contributed by atoms with van der Waals surface area (Å²) < 4.78 is 0. The van der Waals surface area contributed by atoms with E-state index in [0.29, 0.717) is 0 Å². The average molecular weight is 306 g/mol. The highest BCUT2D eigenvalue weighted by atomic mass is 14.7. The van der Waals surface area contributed by atoms with Gasteiger partial charge in [-0.3, -0.25) is 9.97 Å². The van der Waals surface area contributed by atoms with E-state index in [1.54, 1.807) is 0 Å². The summed E-state index contributed by atoms with van der Waals surface area (Å²) in [7, 11) is 0. The number of nitrogens with zero attached hydrogens (tertiary/aromatic N) is 2. The Labute approximate surface area is 139 Å². The number of rotatable bonds is 1. The van der Waals surface area contributed by atoms with E-state index >= 15 is 0 Å². The minimum atomic E-state index is 0.956. The largest absolute Gasteiger partial charge is 0.254 e. The summed E-state index contributed by atoms with van der Waals surface area (Å²) in [6.45, 7) is 0.